The van der Waals surface area contributed by atoms with Gasteiger partial charge in [-0.3, -0.25) is 4.79 Å². The summed E-state index contributed by atoms with van der Waals surface area (Å²) in [5.74, 6) is -0.0197. The van der Waals surface area contributed by atoms with Crippen LogP contribution in [-0.4, -0.2) is 26.3 Å². The van der Waals surface area contributed by atoms with E-state index in [4.69, 9.17) is 9.52 Å². The van der Waals surface area contributed by atoms with Crippen molar-refractivity contribution in [1.82, 2.24) is 15.2 Å². The molecular formula is C12H13N3O3. The van der Waals surface area contributed by atoms with Crippen LogP contribution in [-0.2, 0) is 11.2 Å². The Hall–Kier alpha value is -2.24. The first-order valence-electron chi connectivity index (χ1n) is 5.63. The van der Waals surface area contributed by atoms with Gasteiger partial charge < -0.3 is 9.52 Å². The van der Waals surface area contributed by atoms with Gasteiger partial charge in [-0.25, -0.2) is 4.98 Å². The second kappa shape index (κ2) is 5.39. The lowest BCUT2D eigenvalue weighted by Gasteiger charge is -1.95. The maximum absolute atomic E-state index is 10.4. The van der Waals surface area contributed by atoms with Crippen LogP contribution in [0.1, 0.15) is 24.4 Å². The summed E-state index contributed by atoms with van der Waals surface area (Å²) in [6.45, 7) is 1.88. The van der Waals surface area contributed by atoms with Crippen LogP contribution in [0.5, 0.6) is 0 Å². The number of carbonyl (C=O) groups is 1. The van der Waals surface area contributed by atoms with Gasteiger partial charge in [-0.15, -0.1) is 10.2 Å². The van der Waals surface area contributed by atoms with Crippen molar-refractivity contribution in [2.45, 2.75) is 26.2 Å². The number of aliphatic carboxylic acids is 1. The Balaban J connectivity index is 2.04. The molecular weight excluding hydrogens is 234 g/mol. The number of nitrogens with zero attached hydrogens (tertiary/aromatic N) is 3. The van der Waals surface area contributed by atoms with Crippen LogP contribution >= 0.6 is 0 Å². The van der Waals surface area contributed by atoms with Crippen LogP contribution < -0.4 is 0 Å². The number of aryl methyl sites for hydroxylation is 2. The minimum Gasteiger partial charge on any atom is -0.481 e. The Morgan fingerprint density at radius 1 is 1.39 bits per heavy atom. The second-order valence-electron chi connectivity index (χ2n) is 3.91. The van der Waals surface area contributed by atoms with Gasteiger partial charge in [-0.2, -0.15) is 0 Å². The van der Waals surface area contributed by atoms with Gasteiger partial charge >= 0.3 is 5.97 Å². The van der Waals surface area contributed by atoms with E-state index in [1.807, 2.05) is 19.1 Å². The summed E-state index contributed by atoms with van der Waals surface area (Å²) in [7, 11) is 0. The zero-order chi connectivity index (χ0) is 13.0. The first kappa shape index (κ1) is 12.2. The molecule has 0 fully saturated rings. The van der Waals surface area contributed by atoms with E-state index in [1.165, 1.54) is 0 Å². The van der Waals surface area contributed by atoms with Gasteiger partial charge in [-0.05, 0) is 25.5 Å². The van der Waals surface area contributed by atoms with Crippen molar-refractivity contribution in [3.05, 3.63) is 29.8 Å². The number of aromatic nitrogens is 3. The fraction of sp³-hybridized carbons (Fsp3) is 0.333. The number of hydrogen-bond donors (Lipinski definition) is 1. The van der Waals surface area contributed by atoms with Crippen molar-refractivity contribution >= 4 is 5.97 Å². The molecule has 2 aromatic rings. The van der Waals surface area contributed by atoms with Crippen LogP contribution in [0.4, 0.5) is 0 Å². The van der Waals surface area contributed by atoms with E-state index in [0.29, 0.717) is 30.3 Å². The molecule has 6 heteroatoms. The molecule has 0 spiro atoms. The van der Waals surface area contributed by atoms with Gasteiger partial charge in [0.2, 0.25) is 5.89 Å². The lowest BCUT2D eigenvalue weighted by atomic mass is 10.2. The lowest BCUT2D eigenvalue weighted by molar-refractivity contribution is -0.137. The maximum atomic E-state index is 10.4. The topological polar surface area (TPSA) is 89.1 Å². The maximum Gasteiger partial charge on any atom is 0.303 e. The van der Waals surface area contributed by atoms with E-state index < -0.39 is 5.97 Å². The van der Waals surface area contributed by atoms with Gasteiger partial charge in [0, 0.05) is 18.5 Å². The Bertz CT molecular complexity index is 551. The molecule has 0 bridgehead atoms. The Morgan fingerprint density at radius 2 is 2.22 bits per heavy atom. The zero-order valence-corrected chi connectivity index (χ0v) is 9.96. The highest BCUT2D eigenvalue weighted by molar-refractivity contribution is 5.66. The first-order chi connectivity index (χ1) is 8.65. The van der Waals surface area contributed by atoms with Crippen LogP contribution in [0.2, 0.25) is 0 Å². The van der Waals surface area contributed by atoms with Crippen molar-refractivity contribution in [3.63, 3.8) is 0 Å². The fourth-order valence-corrected chi connectivity index (χ4v) is 1.51. The summed E-state index contributed by atoms with van der Waals surface area (Å²) >= 11 is 0. The Labute approximate surface area is 104 Å². The molecule has 1 N–H and O–H groups in total. The molecule has 2 aromatic heterocycles. The van der Waals surface area contributed by atoms with E-state index in [9.17, 15) is 4.79 Å². The standard InChI is InChI=1S/C12H13N3O3/c1-8-4-2-5-9(13-8)12-15-14-10(18-12)6-3-7-11(16)17/h2,4-5H,3,6-7H2,1H3,(H,16,17). The molecule has 6 nitrogen and oxygen atoms in total. The summed E-state index contributed by atoms with van der Waals surface area (Å²) in [4.78, 5) is 14.7. The molecule has 0 saturated heterocycles. The second-order valence-corrected chi connectivity index (χ2v) is 3.91. The third kappa shape index (κ3) is 3.13. The van der Waals surface area contributed by atoms with Crippen molar-refractivity contribution in [2.24, 2.45) is 0 Å². The van der Waals surface area contributed by atoms with E-state index in [0.717, 1.165) is 5.69 Å². The molecule has 2 rings (SSSR count). The number of carboxylic acids is 1. The predicted octanol–water partition coefficient (Wildman–Crippen LogP) is 1.85. The molecule has 18 heavy (non-hydrogen) atoms. The van der Waals surface area contributed by atoms with Gasteiger partial charge in [0.1, 0.15) is 5.69 Å². The summed E-state index contributed by atoms with van der Waals surface area (Å²) in [5, 5.41) is 16.3. The molecule has 2 heterocycles. The van der Waals surface area contributed by atoms with Gasteiger partial charge in [-0.1, -0.05) is 6.07 Å². The molecule has 0 aromatic carbocycles. The van der Waals surface area contributed by atoms with Crippen LogP contribution in [0.15, 0.2) is 22.6 Å². The molecule has 0 aliphatic heterocycles. The van der Waals surface area contributed by atoms with Crippen molar-refractivity contribution < 1.29 is 14.3 Å². The first-order valence-corrected chi connectivity index (χ1v) is 5.63. The molecule has 0 saturated carbocycles. The van der Waals surface area contributed by atoms with Crippen LogP contribution in [0, 0.1) is 6.92 Å². The van der Waals surface area contributed by atoms with Gasteiger partial charge in [0.15, 0.2) is 0 Å². The van der Waals surface area contributed by atoms with Crippen LogP contribution in [0.25, 0.3) is 11.6 Å². The summed E-state index contributed by atoms with van der Waals surface area (Å²) in [6.07, 6.45) is 1.05. The van der Waals surface area contributed by atoms with Gasteiger partial charge in [0.05, 0.1) is 0 Å². The third-order valence-corrected chi connectivity index (χ3v) is 2.36. The molecule has 0 aliphatic carbocycles. The van der Waals surface area contributed by atoms with E-state index in [1.54, 1.807) is 6.07 Å². The normalized spacial score (nSPS) is 10.5. The summed E-state index contributed by atoms with van der Waals surface area (Å²) < 4.78 is 5.43. The van der Waals surface area contributed by atoms with E-state index >= 15 is 0 Å². The lowest BCUT2D eigenvalue weighted by Crippen LogP contribution is -1.95. The number of carboxylic acid groups (broad SMARTS) is 1. The summed E-state index contributed by atoms with van der Waals surface area (Å²) in [6, 6.07) is 5.54. The number of pyridine rings is 1. The number of hydrogen-bond acceptors (Lipinski definition) is 5. The van der Waals surface area contributed by atoms with Crippen molar-refractivity contribution in [1.29, 1.82) is 0 Å². The number of rotatable bonds is 5. The van der Waals surface area contributed by atoms with E-state index in [2.05, 4.69) is 15.2 Å². The highest BCUT2D eigenvalue weighted by Crippen LogP contribution is 2.16. The predicted molar refractivity (Wildman–Crippen MR) is 62.8 cm³/mol. The van der Waals surface area contributed by atoms with E-state index in [-0.39, 0.29) is 6.42 Å². The SMILES string of the molecule is Cc1cccc(-c2nnc(CCCC(=O)O)o2)n1. The van der Waals surface area contributed by atoms with Crippen molar-refractivity contribution in [2.75, 3.05) is 0 Å². The van der Waals surface area contributed by atoms with Crippen LogP contribution in [0.3, 0.4) is 0 Å². The minimum atomic E-state index is -0.824. The molecule has 0 amide bonds. The molecule has 94 valence electrons. The molecule has 0 aliphatic rings. The largest absolute Gasteiger partial charge is 0.481 e. The van der Waals surface area contributed by atoms with Gasteiger partial charge in [0.25, 0.3) is 5.89 Å². The summed E-state index contributed by atoms with van der Waals surface area (Å²) in [5.41, 5.74) is 1.50. The molecule has 0 atom stereocenters. The average molecular weight is 247 g/mol. The fourth-order valence-electron chi connectivity index (χ4n) is 1.51. The average Bonchev–Trinajstić information content (AvgIpc) is 2.77. The molecule has 0 radical (unpaired) electrons. The monoisotopic (exact) mass is 247 g/mol. The highest BCUT2D eigenvalue weighted by Gasteiger charge is 2.10. The molecule has 0 unspecified atom stereocenters. The highest BCUT2D eigenvalue weighted by atomic mass is 16.4. The Kier molecular flexibility index (Phi) is 3.66. The quantitative estimate of drug-likeness (QED) is 0.867. The van der Waals surface area contributed by atoms with Crippen molar-refractivity contribution in [3.8, 4) is 11.6 Å². The smallest absolute Gasteiger partial charge is 0.303 e. The zero-order valence-electron chi connectivity index (χ0n) is 9.96. The minimum absolute atomic E-state index is 0.0976. The third-order valence-electron chi connectivity index (χ3n) is 2.36. The Morgan fingerprint density at radius 3 is 2.94 bits per heavy atom.